The number of nitrogens with zero attached hydrogens (tertiary/aromatic N) is 1. The lowest BCUT2D eigenvalue weighted by Crippen LogP contribution is -2.17. The first-order valence-electron chi connectivity index (χ1n) is 9.71. The number of aromatic nitrogens is 1. The summed E-state index contributed by atoms with van der Waals surface area (Å²) in [5, 5.41) is 3.01. The van der Waals surface area contributed by atoms with Gasteiger partial charge in [0.1, 0.15) is 0 Å². The highest BCUT2D eigenvalue weighted by molar-refractivity contribution is 5.91. The summed E-state index contributed by atoms with van der Waals surface area (Å²) in [5.41, 5.74) is 4.42. The second-order valence-corrected chi connectivity index (χ2v) is 6.96. The number of nitrogens with one attached hydrogen (secondary N) is 1. The van der Waals surface area contributed by atoms with Gasteiger partial charge >= 0.3 is 5.76 Å². The Morgan fingerprint density at radius 2 is 1.62 bits per heavy atom. The molecule has 4 rings (SSSR count). The first kappa shape index (κ1) is 18.7. The molecule has 3 aromatic carbocycles. The number of carbonyl (C=O) groups is 1. The fraction of sp³-hybridized carbons (Fsp3) is 0.167. The topological polar surface area (TPSA) is 64.2 Å². The highest BCUT2D eigenvalue weighted by Crippen LogP contribution is 2.19. The fourth-order valence-corrected chi connectivity index (χ4v) is 3.45. The van der Waals surface area contributed by atoms with Crippen molar-refractivity contribution < 1.29 is 9.21 Å². The number of amides is 1. The Hall–Kier alpha value is -3.60. The van der Waals surface area contributed by atoms with Crippen molar-refractivity contribution in [1.82, 2.24) is 4.57 Å². The number of fused-ring (bicyclic) bond motifs is 1. The van der Waals surface area contributed by atoms with Crippen LogP contribution in [0.4, 0.5) is 5.69 Å². The van der Waals surface area contributed by atoms with Crippen molar-refractivity contribution in [2.24, 2.45) is 0 Å². The van der Waals surface area contributed by atoms with Crippen LogP contribution in [0.2, 0.25) is 0 Å². The average molecular weight is 386 g/mol. The van der Waals surface area contributed by atoms with E-state index in [-0.39, 0.29) is 11.7 Å². The molecular weight excluding hydrogens is 364 g/mol. The molecule has 0 spiro atoms. The molecule has 5 heteroatoms. The minimum Gasteiger partial charge on any atom is -0.408 e. The van der Waals surface area contributed by atoms with E-state index in [0.29, 0.717) is 25.0 Å². The summed E-state index contributed by atoms with van der Waals surface area (Å²) in [6.45, 7) is 0.439. The second kappa shape index (κ2) is 8.61. The van der Waals surface area contributed by atoms with Crippen LogP contribution in [0.1, 0.15) is 24.0 Å². The molecule has 146 valence electrons. The molecule has 0 atom stereocenters. The molecule has 1 N–H and O–H groups in total. The zero-order valence-corrected chi connectivity index (χ0v) is 16.0. The monoisotopic (exact) mass is 386 g/mol. The Bertz CT molecular complexity index is 1180. The molecule has 1 amide bonds. The van der Waals surface area contributed by atoms with Crippen LogP contribution in [0.5, 0.6) is 0 Å². The molecule has 0 bridgehead atoms. The predicted molar refractivity (Wildman–Crippen MR) is 114 cm³/mol. The van der Waals surface area contributed by atoms with E-state index in [1.165, 1.54) is 5.56 Å². The van der Waals surface area contributed by atoms with Crippen LogP contribution in [0, 0.1) is 0 Å². The molecule has 0 saturated heterocycles. The van der Waals surface area contributed by atoms with Gasteiger partial charge in [0.05, 0.1) is 5.52 Å². The Morgan fingerprint density at radius 3 is 2.48 bits per heavy atom. The third-order valence-electron chi connectivity index (χ3n) is 4.89. The van der Waals surface area contributed by atoms with Crippen molar-refractivity contribution in [3.05, 3.63) is 101 Å². The minimum absolute atomic E-state index is 0.0636. The molecule has 0 saturated carbocycles. The van der Waals surface area contributed by atoms with Crippen LogP contribution in [-0.4, -0.2) is 10.5 Å². The summed E-state index contributed by atoms with van der Waals surface area (Å²) in [5.74, 6) is -0.453. The fourth-order valence-electron chi connectivity index (χ4n) is 3.45. The second-order valence-electron chi connectivity index (χ2n) is 6.96. The summed E-state index contributed by atoms with van der Waals surface area (Å²) in [4.78, 5) is 24.5. The number of benzene rings is 3. The van der Waals surface area contributed by atoms with Gasteiger partial charge in [-0.05, 0) is 42.2 Å². The van der Waals surface area contributed by atoms with E-state index >= 15 is 0 Å². The number of rotatable bonds is 7. The highest BCUT2D eigenvalue weighted by atomic mass is 16.4. The molecule has 4 aromatic rings. The van der Waals surface area contributed by atoms with E-state index in [4.69, 9.17) is 4.42 Å². The number of hydrogen-bond acceptors (Lipinski definition) is 3. The van der Waals surface area contributed by atoms with Crippen molar-refractivity contribution >= 4 is 22.7 Å². The number of carbonyl (C=O) groups excluding carboxylic acids is 1. The van der Waals surface area contributed by atoms with Gasteiger partial charge in [-0.25, -0.2) is 4.79 Å². The van der Waals surface area contributed by atoms with Gasteiger partial charge in [-0.1, -0.05) is 60.7 Å². The molecule has 0 radical (unpaired) electrons. The Morgan fingerprint density at radius 1 is 0.897 bits per heavy atom. The molecule has 0 aliphatic carbocycles. The van der Waals surface area contributed by atoms with E-state index in [1.54, 1.807) is 10.6 Å². The number of aryl methyl sites for hydroxylation is 1. The lowest BCUT2D eigenvalue weighted by molar-refractivity contribution is -0.116. The number of hydrogen-bond donors (Lipinski definition) is 1. The van der Waals surface area contributed by atoms with Crippen molar-refractivity contribution in [2.45, 2.75) is 25.8 Å². The third kappa shape index (κ3) is 4.46. The van der Waals surface area contributed by atoms with Gasteiger partial charge in [-0.2, -0.15) is 0 Å². The maximum Gasteiger partial charge on any atom is 0.419 e. The number of oxazole rings is 1. The largest absolute Gasteiger partial charge is 0.419 e. The van der Waals surface area contributed by atoms with Gasteiger partial charge in [-0.15, -0.1) is 0 Å². The van der Waals surface area contributed by atoms with E-state index in [2.05, 4.69) is 17.4 Å². The number of anilines is 1. The first-order valence-corrected chi connectivity index (χ1v) is 9.71. The van der Waals surface area contributed by atoms with Gasteiger partial charge in [0.2, 0.25) is 5.91 Å². The SMILES string of the molecule is O=C(CCCn1c(=O)oc2ccccc21)Nc1ccccc1Cc1ccccc1. The van der Waals surface area contributed by atoms with Crippen LogP contribution < -0.4 is 11.1 Å². The molecule has 5 nitrogen and oxygen atoms in total. The maximum absolute atomic E-state index is 12.5. The van der Waals surface area contributed by atoms with E-state index in [1.807, 2.05) is 60.7 Å². The normalized spacial score (nSPS) is 10.9. The van der Waals surface area contributed by atoms with Crippen LogP contribution in [-0.2, 0) is 17.8 Å². The van der Waals surface area contributed by atoms with Gasteiger partial charge in [0, 0.05) is 18.7 Å². The smallest absolute Gasteiger partial charge is 0.408 e. The van der Waals surface area contributed by atoms with Crippen LogP contribution in [0.25, 0.3) is 11.1 Å². The summed E-state index contributed by atoms with van der Waals surface area (Å²) in [6.07, 6.45) is 1.63. The summed E-state index contributed by atoms with van der Waals surface area (Å²) in [7, 11) is 0. The molecule has 0 aliphatic rings. The van der Waals surface area contributed by atoms with E-state index in [0.717, 1.165) is 23.2 Å². The van der Waals surface area contributed by atoms with Gasteiger partial charge in [0.15, 0.2) is 5.58 Å². The molecular formula is C24H22N2O3. The molecule has 0 unspecified atom stereocenters. The number of para-hydroxylation sites is 3. The van der Waals surface area contributed by atoms with Gasteiger partial charge < -0.3 is 9.73 Å². The molecule has 0 fully saturated rings. The predicted octanol–water partition coefficient (Wildman–Crippen LogP) is 4.60. The highest BCUT2D eigenvalue weighted by Gasteiger charge is 2.10. The lowest BCUT2D eigenvalue weighted by atomic mass is 10.0. The van der Waals surface area contributed by atoms with Crippen molar-refractivity contribution in [2.75, 3.05) is 5.32 Å². The van der Waals surface area contributed by atoms with E-state index in [9.17, 15) is 9.59 Å². The lowest BCUT2D eigenvalue weighted by Gasteiger charge is -2.11. The quantitative estimate of drug-likeness (QED) is 0.505. The molecule has 1 aromatic heterocycles. The summed E-state index contributed by atoms with van der Waals surface area (Å²) in [6, 6.07) is 25.3. The minimum atomic E-state index is -0.389. The molecule has 0 aliphatic heterocycles. The third-order valence-corrected chi connectivity index (χ3v) is 4.89. The molecule has 29 heavy (non-hydrogen) atoms. The van der Waals surface area contributed by atoms with Crippen molar-refractivity contribution in [3.63, 3.8) is 0 Å². The summed E-state index contributed by atoms with van der Waals surface area (Å²) < 4.78 is 6.81. The van der Waals surface area contributed by atoms with Crippen molar-refractivity contribution in [3.8, 4) is 0 Å². The maximum atomic E-state index is 12.5. The first-order chi connectivity index (χ1) is 14.2. The van der Waals surface area contributed by atoms with E-state index < -0.39 is 0 Å². The Kier molecular flexibility index (Phi) is 5.56. The van der Waals surface area contributed by atoms with Gasteiger partial charge in [0.25, 0.3) is 0 Å². The zero-order chi connectivity index (χ0) is 20.1. The van der Waals surface area contributed by atoms with Crippen LogP contribution in [0.3, 0.4) is 0 Å². The zero-order valence-electron chi connectivity index (χ0n) is 16.0. The van der Waals surface area contributed by atoms with Crippen LogP contribution >= 0.6 is 0 Å². The van der Waals surface area contributed by atoms with Gasteiger partial charge in [-0.3, -0.25) is 9.36 Å². The Balaban J connectivity index is 1.38. The summed E-state index contributed by atoms with van der Waals surface area (Å²) >= 11 is 0. The standard InChI is InChI=1S/C24H22N2O3/c27-23(15-8-16-26-21-13-6-7-14-22(21)29-24(26)28)25-20-12-5-4-11-19(20)17-18-9-2-1-3-10-18/h1-7,9-14H,8,15-17H2,(H,25,27). The Labute approximate surface area is 168 Å². The van der Waals surface area contributed by atoms with Crippen molar-refractivity contribution in [1.29, 1.82) is 0 Å². The average Bonchev–Trinajstić information content (AvgIpc) is 3.05. The van der Waals surface area contributed by atoms with Crippen LogP contribution in [0.15, 0.2) is 88.1 Å². The molecule has 1 heterocycles.